The van der Waals surface area contributed by atoms with E-state index in [-0.39, 0.29) is 17.6 Å². The molecule has 166 valence electrons. The van der Waals surface area contributed by atoms with Crippen LogP contribution in [0.3, 0.4) is 0 Å². The summed E-state index contributed by atoms with van der Waals surface area (Å²) < 4.78 is 11.7. The number of hydrogen-bond acceptors (Lipinski definition) is 6. The first kappa shape index (κ1) is 21.4. The van der Waals surface area contributed by atoms with E-state index in [0.717, 1.165) is 0 Å². The molecule has 0 aliphatic carbocycles. The number of ether oxygens (including phenoxy) is 2. The number of carbonyl (C=O) groups is 2. The molecule has 1 aliphatic heterocycles. The van der Waals surface area contributed by atoms with Gasteiger partial charge in [-0.1, -0.05) is 6.07 Å². The molecule has 0 saturated carbocycles. The van der Waals surface area contributed by atoms with Gasteiger partial charge in [-0.25, -0.2) is 9.78 Å². The molecule has 0 N–H and O–H groups in total. The van der Waals surface area contributed by atoms with Gasteiger partial charge in [-0.15, -0.1) is 0 Å². The Morgan fingerprint density at radius 2 is 1.78 bits per heavy atom. The average Bonchev–Trinajstić information content (AvgIpc) is 2.84. The van der Waals surface area contributed by atoms with E-state index < -0.39 is 0 Å². The number of hydrogen-bond donors (Lipinski definition) is 0. The number of amides is 2. The fraction of sp³-hybridized carbons (Fsp3) is 0.304. The molecule has 4 rings (SSSR count). The minimum Gasteiger partial charge on any atom is -0.497 e. The summed E-state index contributed by atoms with van der Waals surface area (Å²) in [4.78, 5) is 45.5. The first-order valence-corrected chi connectivity index (χ1v) is 10.4. The summed E-state index contributed by atoms with van der Waals surface area (Å²) >= 11 is 0. The molecule has 0 atom stereocenters. The van der Waals surface area contributed by atoms with Crippen LogP contribution in [0.25, 0.3) is 16.6 Å². The highest BCUT2D eigenvalue weighted by atomic mass is 16.6. The van der Waals surface area contributed by atoms with Gasteiger partial charge in [0.05, 0.1) is 30.3 Å². The quantitative estimate of drug-likeness (QED) is 0.623. The van der Waals surface area contributed by atoms with Gasteiger partial charge in [0.25, 0.3) is 11.5 Å². The predicted molar refractivity (Wildman–Crippen MR) is 118 cm³/mol. The molecule has 0 bridgehead atoms. The van der Waals surface area contributed by atoms with Crippen molar-refractivity contribution >= 4 is 22.9 Å². The van der Waals surface area contributed by atoms with Crippen molar-refractivity contribution in [1.82, 2.24) is 19.4 Å². The van der Waals surface area contributed by atoms with Crippen LogP contribution >= 0.6 is 0 Å². The molecule has 1 fully saturated rings. The lowest BCUT2D eigenvalue weighted by Crippen LogP contribution is -2.50. The number of methoxy groups -OCH3 is 1. The van der Waals surface area contributed by atoms with Gasteiger partial charge >= 0.3 is 6.09 Å². The maximum atomic E-state index is 13.0. The van der Waals surface area contributed by atoms with E-state index in [9.17, 15) is 14.4 Å². The zero-order valence-electron chi connectivity index (χ0n) is 18.0. The van der Waals surface area contributed by atoms with Crippen LogP contribution < -0.4 is 10.3 Å². The van der Waals surface area contributed by atoms with E-state index in [1.807, 2.05) is 0 Å². The second-order valence-corrected chi connectivity index (χ2v) is 7.33. The van der Waals surface area contributed by atoms with E-state index in [0.29, 0.717) is 60.7 Å². The molecular weight excluding hydrogens is 412 g/mol. The van der Waals surface area contributed by atoms with E-state index in [1.165, 1.54) is 10.9 Å². The number of aromatic nitrogens is 2. The van der Waals surface area contributed by atoms with Gasteiger partial charge < -0.3 is 19.3 Å². The van der Waals surface area contributed by atoms with Crippen molar-refractivity contribution in [3.05, 3.63) is 64.7 Å². The maximum Gasteiger partial charge on any atom is 0.409 e. The standard InChI is InChI=1S/C23H24N4O5/c1-3-32-23(30)26-11-9-25(10-12-26)21(28)16-7-8-19-20(13-16)24-15-27(22(19)29)17-5-4-6-18(14-17)31-2/h4-8,13-15H,3,9-12H2,1-2H3. The Bertz CT molecular complexity index is 1210. The van der Waals surface area contributed by atoms with E-state index >= 15 is 0 Å². The summed E-state index contributed by atoms with van der Waals surface area (Å²) in [6.07, 6.45) is 1.09. The van der Waals surface area contributed by atoms with E-state index in [4.69, 9.17) is 9.47 Å². The Labute approximate surface area is 184 Å². The van der Waals surface area contributed by atoms with Gasteiger partial charge in [-0.05, 0) is 37.3 Å². The highest BCUT2D eigenvalue weighted by Gasteiger charge is 2.25. The van der Waals surface area contributed by atoms with Crippen LogP contribution in [-0.2, 0) is 4.74 Å². The molecule has 1 aromatic heterocycles. The third kappa shape index (κ3) is 4.14. The summed E-state index contributed by atoms with van der Waals surface area (Å²) in [5.74, 6) is 0.479. The van der Waals surface area contributed by atoms with E-state index in [2.05, 4.69) is 4.98 Å². The molecular formula is C23H24N4O5. The summed E-state index contributed by atoms with van der Waals surface area (Å²) in [5.41, 5.74) is 1.31. The number of rotatable bonds is 4. The zero-order chi connectivity index (χ0) is 22.7. The van der Waals surface area contributed by atoms with Crippen molar-refractivity contribution in [3.8, 4) is 11.4 Å². The third-order valence-electron chi connectivity index (χ3n) is 5.43. The van der Waals surface area contributed by atoms with Crippen LogP contribution in [0.2, 0.25) is 0 Å². The van der Waals surface area contributed by atoms with Crippen LogP contribution in [0.15, 0.2) is 53.6 Å². The monoisotopic (exact) mass is 436 g/mol. The lowest BCUT2D eigenvalue weighted by Gasteiger charge is -2.34. The average molecular weight is 436 g/mol. The minimum atomic E-state index is -0.359. The fourth-order valence-electron chi connectivity index (χ4n) is 3.69. The number of nitrogens with zero attached hydrogens (tertiary/aromatic N) is 4. The molecule has 0 radical (unpaired) electrons. The molecule has 1 saturated heterocycles. The third-order valence-corrected chi connectivity index (χ3v) is 5.43. The maximum absolute atomic E-state index is 13.0. The normalized spacial score (nSPS) is 13.8. The molecule has 2 heterocycles. The summed E-state index contributed by atoms with van der Waals surface area (Å²) in [6, 6.07) is 12.0. The molecule has 9 heteroatoms. The highest BCUT2D eigenvalue weighted by molar-refractivity contribution is 5.97. The van der Waals surface area contributed by atoms with Crippen LogP contribution in [0.5, 0.6) is 5.75 Å². The highest BCUT2D eigenvalue weighted by Crippen LogP contribution is 2.18. The summed E-state index contributed by atoms with van der Waals surface area (Å²) in [5, 5.41) is 0.416. The Hall–Kier alpha value is -3.88. The van der Waals surface area contributed by atoms with Crippen molar-refractivity contribution < 1.29 is 19.1 Å². The second-order valence-electron chi connectivity index (χ2n) is 7.33. The Morgan fingerprint density at radius 3 is 2.50 bits per heavy atom. The van der Waals surface area contributed by atoms with Gasteiger partial charge in [-0.2, -0.15) is 0 Å². The Balaban J connectivity index is 1.55. The number of piperazine rings is 1. The lowest BCUT2D eigenvalue weighted by atomic mass is 10.1. The van der Waals surface area contributed by atoms with Crippen LogP contribution in [-0.4, -0.2) is 71.2 Å². The first-order chi connectivity index (χ1) is 15.5. The van der Waals surface area contributed by atoms with Crippen molar-refractivity contribution in [3.63, 3.8) is 0 Å². The van der Waals surface area contributed by atoms with Gasteiger partial charge in [-0.3, -0.25) is 14.2 Å². The van der Waals surface area contributed by atoms with Crippen LogP contribution in [0.4, 0.5) is 4.79 Å². The van der Waals surface area contributed by atoms with Crippen molar-refractivity contribution in [2.75, 3.05) is 39.9 Å². The topological polar surface area (TPSA) is 94.0 Å². The fourth-order valence-corrected chi connectivity index (χ4v) is 3.69. The van der Waals surface area contributed by atoms with Gasteiger partial charge in [0, 0.05) is 37.8 Å². The van der Waals surface area contributed by atoms with Gasteiger partial charge in [0.2, 0.25) is 0 Å². The Morgan fingerprint density at radius 1 is 1.03 bits per heavy atom. The lowest BCUT2D eigenvalue weighted by molar-refractivity contribution is 0.0570. The first-order valence-electron chi connectivity index (χ1n) is 10.4. The molecule has 2 amide bonds. The molecule has 3 aromatic rings. The number of fused-ring (bicyclic) bond motifs is 1. The molecule has 1 aliphatic rings. The zero-order valence-corrected chi connectivity index (χ0v) is 18.0. The van der Waals surface area contributed by atoms with Gasteiger partial charge in [0.15, 0.2) is 0 Å². The molecule has 32 heavy (non-hydrogen) atoms. The largest absolute Gasteiger partial charge is 0.497 e. The smallest absolute Gasteiger partial charge is 0.409 e. The summed E-state index contributed by atoms with van der Waals surface area (Å²) in [6.45, 7) is 3.75. The second kappa shape index (κ2) is 9.09. The van der Waals surface area contributed by atoms with E-state index in [1.54, 1.807) is 66.3 Å². The molecule has 0 spiro atoms. The minimum absolute atomic E-state index is 0.158. The Kier molecular flexibility index (Phi) is 6.07. The number of benzene rings is 2. The van der Waals surface area contributed by atoms with Crippen molar-refractivity contribution in [2.45, 2.75) is 6.92 Å². The predicted octanol–water partition coefficient (Wildman–Crippen LogP) is 2.31. The molecule has 0 unspecified atom stereocenters. The SMILES string of the molecule is CCOC(=O)N1CCN(C(=O)c2ccc3c(=O)n(-c4cccc(OC)c4)cnc3c2)CC1. The molecule has 2 aromatic carbocycles. The van der Waals surface area contributed by atoms with Crippen LogP contribution in [0.1, 0.15) is 17.3 Å². The van der Waals surface area contributed by atoms with Gasteiger partial charge in [0.1, 0.15) is 12.1 Å². The van der Waals surface area contributed by atoms with Crippen molar-refractivity contribution in [2.24, 2.45) is 0 Å². The summed E-state index contributed by atoms with van der Waals surface area (Å²) in [7, 11) is 1.57. The molecule has 9 nitrogen and oxygen atoms in total. The van der Waals surface area contributed by atoms with Crippen LogP contribution in [0, 0.1) is 0 Å². The van der Waals surface area contributed by atoms with Crippen molar-refractivity contribution in [1.29, 1.82) is 0 Å². The number of carbonyl (C=O) groups excluding carboxylic acids is 2.